The average molecular weight is 226 g/mol. The van der Waals surface area contributed by atoms with Crippen molar-refractivity contribution in [1.29, 1.82) is 0 Å². The lowest BCUT2D eigenvalue weighted by Gasteiger charge is -2.15. The maximum Gasteiger partial charge on any atom is 0.0877 e. The van der Waals surface area contributed by atoms with Gasteiger partial charge in [-0.25, -0.2) is 0 Å². The predicted octanol–water partition coefficient (Wildman–Crippen LogP) is 2.43. The van der Waals surface area contributed by atoms with Gasteiger partial charge in [0.1, 0.15) is 0 Å². The quantitative estimate of drug-likeness (QED) is 0.794. The Bertz CT molecular complexity index is 374. The van der Waals surface area contributed by atoms with Crippen LogP contribution in [0.15, 0.2) is 60.7 Å². The van der Waals surface area contributed by atoms with E-state index in [4.69, 9.17) is 0 Å². The van der Waals surface area contributed by atoms with Crippen LogP contribution in [0.5, 0.6) is 0 Å². The van der Waals surface area contributed by atoms with Crippen molar-refractivity contribution in [1.82, 2.24) is 0 Å². The molecule has 0 spiro atoms. The zero-order valence-electron chi connectivity index (χ0n) is 9.01. The van der Waals surface area contributed by atoms with Gasteiger partial charge in [0, 0.05) is 11.8 Å². The summed E-state index contributed by atoms with van der Waals surface area (Å²) in [6, 6.07) is 20.7. The Hall–Kier alpha value is -1.38. The van der Waals surface area contributed by atoms with E-state index in [0.717, 1.165) is 0 Å². The molecule has 16 heavy (non-hydrogen) atoms. The maximum absolute atomic E-state index is 9.17. The molecule has 0 saturated carbocycles. The molecule has 0 amide bonds. The summed E-state index contributed by atoms with van der Waals surface area (Å²) in [5.74, 6) is 0. The van der Waals surface area contributed by atoms with E-state index in [-0.39, 0.29) is 6.23 Å². The summed E-state index contributed by atoms with van der Waals surface area (Å²) in [5.41, 5.74) is 2.88. The molecule has 2 radical (unpaired) electrons. The molecule has 0 aliphatic rings. The molecule has 2 aromatic rings. The van der Waals surface area contributed by atoms with Crippen LogP contribution in [0.1, 0.15) is 16.7 Å². The minimum atomic E-state index is 0.244. The summed E-state index contributed by atoms with van der Waals surface area (Å²) < 4.78 is 0. The fraction of sp³-hybridized carbons (Fsp3) is 0.143. The normalized spacial score (nSPS) is 10.6. The smallest absolute Gasteiger partial charge is 0.0877 e. The highest BCUT2D eigenvalue weighted by atomic mass is 28.2. The number of rotatable bonds is 4. The molecule has 2 heteroatoms. The molecular formula is C14H14OSi. The summed E-state index contributed by atoms with van der Waals surface area (Å²) in [4.78, 5) is 0. The summed E-state index contributed by atoms with van der Waals surface area (Å²) >= 11 is 0. The Morgan fingerprint density at radius 1 is 0.812 bits per heavy atom. The second-order valence-corrected chi connectivity index (χ2v) is 4.92. The van der Waals surface area contributed by atoms with Crippen molar-refractivity contribution in [2.45, 2.75) is 5.54 Å². The third kappa shape index (κ3) is 2.59. The van der Waals surface area contributed by atoms with Gasteiger partial charge >= 0.3 is 0 Å². The standard InChI is InChI=1S/C14H14OSi/c15-11-16-14(12-7-3-1-4-8-12)13-9-5-2-6-10-13/h1-10,14-15H,11H2. The Balaban J connectivity index is 2.31. The molecule has 2 aromatic carbocycles. The number of benzene rings is 2. The molecule has 0 aromatic heterocycles. The number of hydrogen-bond donors (Lipinski definition) is 1. The van der Waals surface area contributed by atoms with Crippen LogP contribution in [0.4, 0.5) is 0 Å². The summed E-state index contributed by atoms with van der Waals surface area (Å²) in [6.45, 7) is 0. The van der Waals surface area contributed by atoms with Crippen molar-refractivity contribution >= 4 is 9.52 Å². The molecule has 0 aliphatic carbocycles. The lowest BCUT2D eigenvalue weighted by Crippen LogP contribution is -2.13. The molecule has 0 atom stereocenters. The highest BCUT2D eigenvalue weighted by molar-refractivity contribution is 6.38. The second kappa shape index (κ2) is 5.63. The van der Waals surface area contributed by atoms with Crippen molar-refractivity contribution in [2.75, 3.05) is 6.23 Å². The van der Waals surface area contributed by atoms with Gasteiger partial charge in [-0.05, 0) is 11.1 Å². The highest BCUT2D eigenvalue weighted by Gasteiger charge is 2.13. The molecule has 0 bridgehead atoms. The van der Waals surface area contributed by atoms with Crippen molar-refractivity contribution in [2.24, 2.45) is 0 Å². The molecular weight excluding hydrogens is 212 g/mol. The Labute approximate surface area is 98.6 Å². The van der Waals surface area contributed by atoms with Gasteiger partial charge in [-0.15, -0.1) is 0 Å². The molecule has 0 heterocycles. The highest BCUT2D eigenvalue weighted by Crippen LogP contribution is 2.22. The van der Waals surface area contributed by atoms with E-state index < -0.39 is 0 Å². The minimum absolute atomic E-state index is 0.244. The van der Waals surface area contributed by atoms with E-state index in [9.17, 15) is 5.11 Å². The Morgan fingerprint density at radius 2 is 1.25 bits per heavy atom. The van der Waals surface area contributed by atoms with Crippen LogP contribution < -0.4 is 0 Å². The van der Waals surface area contributed by atoms with Crippen molar-refractivity contribution in [3.63, 3.8) is 0 Å². The third-order valence-corrected chi connectivity index (χ3v) is 3.82. The second-order valence-electron chi connectivity index (χ2n) is 3.62. The molecule has 2 rings (SSSR count). The molecule has 0 unspecified atom stereocenters. The largest absolute Gasteiger partial charge is 0.400 e. The molecule has 1 nitrogen and oxygen atoms in total. The molecule has 0 saturated heterocycles. The Morgan fingerprint density at radius 3 is 1.62 bits per heavy atom. The number of hydrogen-bond acceptors (Lipinski definition) is 1. The average Bonchev–Trinajstić information content (AvgIpc) is 2.38. The van der Waals surface area contributed by atoms with Crippen molar-refractivity contribution < 1.29 is 5.11 Å². The molecule has 80 valence electrons. The van der Waals surface area contributed by atoms with Crippen molar-refractivity contribution in [3.8, 4) is 0 Å². The van der Waals surface area contributed by atoms with Crippen LogP contribution in [0.25, 0.3) is 0 Å². The van der Waals surface area contributed by atoms with E-state index in [0.29, 0.717) is 15.1 Å². The van der Waals surface area contributed by atoms with Crippen LogP contribution in [-0.4, -0.2) is 20.9 Å². The van der Waals surface area contributed by atoms with Gasteiger partial charge in [0.05, 0.1) is 9.52 Å². The summed E-state index contributed by atoms with van der Waals surface area (Å²) in [6.07, 6.45) is 0.244. The third-order valence-electron chi connectivity index (χ3n) is 2.56. The Kier molecular flexibility index (Phi) is 3.91. The van der Waals surface area contributed by atoms with Gasteiger partial charge in [0.25, 0.3) is 0 Å². The van der Waals surface area contributed by atoms with E-state index in [1.54, 1.807) is 0 Å². The first-order valence-corrected chi connectivity index (χ1v) is 6.64. The monoisotopic (exact) mass is 226 g/mol. The van der Waals surface area contributed by atoms with E-state index in [2.05, 4.69) is 24.3 Å². The predicted molar refractivity (Wildman–Crippen MR) is 67.6 cm³/mol. The molecule has 0 fully saturated rings. The summed E-state index contributed by atoms with van der Waals surface area (Å²) in [7, 11) is 0.516. The number of aliphatic hydroxyl groups excluding tert-OH is 1. The topological polar surface area (TPSA) is 20.2 Å². The van der Waals surface area contributed by atoms with E-state index >= 15 is 0 Å². The SMILES string of the molecule is OC[Si]C(c1ccccc1)c1ccccc1. The van der Waals surface area contributed by atoms with Crippen LogP contribution in [0.2, 0.25) is 0 Å². The zero-order valence-corrected chi connectivity index (χ0v) is 10.0. The fourth-order valence-corrected chi connectivity index (χ4v) is 2.85. The molecule has 0 aliphatic heterocycles. The maximum atomic E-state index is 9.17. The first kappa shape index (κ1) is 11.1. The van der Waals surface area contributed by atoms with E-state index in [1.165, 1.54) is 11.1 Å². The van der Waals surface area contributed by atoms with Gasteiger partial charge in [0.15, 0.2) is 0 Å². The molecule has 1 N–H and O–H groups in total. The van der Waals surface area contributed by atoms with Gasteiger partial charge < -0.3 is 5.11 Å². The number of aliphatic hydroxyl groups is 1. The van der Waals surface area contributed by atoms with Crippen LogP contribution in [0, 0.1) is 0 Å². The lowest BCUT2D eigenvalue weighted by atomic mass is 10.0. The van der Waals surface area contributed by atoms with Gasteiger partial charge in [-0.3, -0.25) is 0 Å². The lowest BCUT2D eigenvalue weighted by molar-refractivity contribution is 0.364. The van der Waals surface area contributed by atoms with Gasteiger partial charge in [0.2, 0.25) is 0 Å². The van der Waals surface area contributed by atoms with Crippen molar-refractivity contribution in [3.05, 3.63) is 71.8 Å². The zero-order chi connectivity index (χ0) is 11.2. The van der Waals surface area contributed by atoms with Crippen LogP contribution >= 0.6 is 0 Å². The van der Waals surface area contributed by atoms with E-state index in [1.807, 2.05) is 36.4 Å². The first-order chi connectivity index (χ1) is 7.92. The van der Waals surface area contributed by atoms with Crippen LogP contribution in [0.3, 0.4) is 0 Å². The van der Waals surface area contributed by atoms with Gasteiger partial charge in [-0.2, -0.15) is 0 Å². The minimum Gasteiger partial charge on any atom is -0.400 e. The summed E-state index contributed by atoms with van der Waals surface area (Å²) in [5, 5.41) is 9.17. The fourth-order valence-electron chi connectivity index (χ4n) is 1.81. The van der Waals surface area contributed by atoms with Gasteiger partial charge in [-0.1, -0.05) is 60.7 Å². The van der Waals surface area contributed by atoms with Crippen LogP contribution in [-0.2, 0) is 0 Å². The first-order valence-electron chi connectivity index (χ1n) is 5.36.